The fraction of sp³-hybridized carbons (Fsp3) is 0.562. The quantitative estimate of drug-likeness (QED) is 0.425. The molecule has 0 radical (unpaired) electrons. The smallest absolute Gasteiger partial charge is 0.191 e. The van der Waals surface area contributed by atoms with Crippen molar-refractivity contribution in [3.8, 4) is 5.75 Å². The lowest BCUT2D eigenvalue weighted by atomic mass is 10.2. The van der Waals surface area contributed by atoms with Gasteiger partial charge >= 0.3 is 0 Å². The summed E-state index contributed by atoms with van der Waals surface area (Å²) in [5.74, 6) is 1.40. The average molecular weight is 341 g/mol. The van der Waals surface area contributed by atoms with E-state index in [4.69, 9.17) is 4.74 Å². The third kappa shape index (κ3) is 6.90. The molecule has 0 atom stereocenters. The van der Waals surface area contributed by atoms with Crippen LogP contribution in [-0.2, 0) is 9.84 Å². The number of rotatable bonds is 8. The molecule has 2 N–H and O–H groups in total. The van der Waals surface area contributed by atoms with Gasteiger partial charge in [0, 0.05) is 12.8 Å². The highest BCUT2D eigenvalue weighted by atomic mass is 32.2. The highest BCUT2D eigenvalue weighted by Crippen LogP contribution is 2.15. The molecule has 0 heterocycles. The van der Waals surface area contributed by atoms with Gasteiger partial charge in [0.2, 0.25) is 0 Å². The van der Waals surface area contributed by atoms with Crippen LogP contribution in [-0.4, -0.2) is 51.6 Å². The summed E-state index contributed by atoms with van der Waals surface area (Å²) < 4.78 is 28.1. The largest absolute Gasteiger partial charge is 0.492 e. The van der Waals surface area contributed by atoms with Gasteiger partial charge in [0.05, 0.1) is 17.8 Å². The van der Waals surface area contributed by atoms with Crippen molar-refractivity contribution in [1.82, 2.24) is 10.6 Å². The molecule has 0 bridgehead atoms. The number of hydrogen-bond donors (Lipinski definition) is 2. The maximum Gasteiger partial charge on any atom is 0.191 e. The molecule has 0 aromatic heterocycles. The molecule has 6 nitrogen and oxygen atoms in total. The molecule has 130 valence electrons. The molecule has 0 aliphatic rings. The minimum Gasteiger partial charge on any atom is -0.492 e. The van der Waals surface area contributed by atoms with Gasteiger partial charge in [-0.15, -0.1) is 0 Å². The van der Waals surface area contributed by atoms with Crippen LogP contribution >= 0.6 is 0 Å². The lowest BCUT2D eigenvalue weighted by molar-refractivity contribution is 0.322. The van der Waals surface area contributed by atoms with Crippen LogP contribution in [0.4, 0.5) is 0 Å². The van der Waals surface area contributed by atoms with Crippen LogP contribution < -0.4 is 15.4 Å². The zero-order chi connectivity index (χ0) is 17.3. The first-order valence-electron chi connectivity index (χ1n) is 7.66. The van der Waals surface area contributed by atoms with Gasteiger partial charge in [-0.1, -0.05) is 18.2 Å². The van der Waals surface area contributed by atoms with E-state index >= 15 is 0 Å². The third-order valence-electron chi connectivity index (χ3n) is 3.37. The zero-order valence-corrected chi connectivity index (χ0v) is 15.1. The second-order valence-corrected chi connectivity index (χ2v) is 8.46. The second kappa shape index (κ2) is 8.76. The van der Waals surface area contributed by atoms with E-state index < -0.39 is 14.6 Å². The molecule has 0 fully saturated rings. The molecule has 0 saturated carbocycles. The summed E-state index contributed by atoms with van der Waals surface area (Å²) in [7, 11) is -3.16. The molecule has 1 aromatic rings. The number of sulfone groups is 1. The number of guanidine groups is 1. The van der Waals surface area contributed by atoms with E-state index in [0.29, 0.717) is 25.7 Å². The summed E-state index contributed by atoms with van der Waals surface area (Å²) in [5, 5.41) is 6.23. The highest BCUT2D eigenvalue weighted by Gasteiger charge is 2.29. The van der Waals surface area contributed by atoms with E-state index in [9.17, 15) is 8.42 Å². The van der Waals surface area contributed by atoms with E-state index in [1.54, 1.807) is 13.8 Å². The van der Waals surface area contributed by atoms with E-state index in [1.165, 1.54) is 6.26 Å². The van der Waals surface area contributed by atoms with Gasteiger partial charge in [0.1, 0.15) is 12.4 Å². The highest BCUT2D eigenvalue weighted by molar-refractivity contribution is 7.92. The van der Waals surface area contributed by atoms with Gasteiger partial charge in [-0.3, -0.25) is 4.99 Å². The number of nitrogens with zero attached hydrogens (tertiary/aromatic N) is 1. The van der Waals surface area contributed by atoms with Crippen molar-refractivity contribution in [2.45, 2.75) is 25.5 Å². The first kappa shape index (κ1) is 19.3. The Hall–Kier alpha value is -1.76. The molecular weight excluding hydrogens is 314 g/mol. The van der Waals surface area contributed by atoms with E-state index in [0.717, 1.165) is 5.75 Å². The van der Waals surface area contributed by atoms with Crippen LogP contribution in [0, 0.1) is 0 Å². The Labute approximate surface area is 139 Å². The Bertz CT molecular complexity index is 598. The lowest BCUT2D eigenvalue weighted by Gasteiger charge is -2.21. The topological polar surface area (TPSA) is 79.8 Å². The van der Waals surface area contributed by atoms with Gasteiger partial charge in [-0.05, 0) is 32.9 Å². The Morgan fingerprint density at radius 1 is 1.22 bits per heavy atom. The number of ether oxygens (including phenoxy) is 1. The van der Waals surface area contributed by atoms with Crippen LogP contribution in [0.2, 0.25) is 0 Å². The van der Waals surface area contributed by atoms with Crippen LogP contribution in [0.25, 0.3) is 0 Å². The minimum atomic E-state index is -3.16. The Morgan fingerprint density at radius 2 is 1.87 bits per heavy atom. The minimum absolute atomic E-state index is 0.195. The second-order valence-electron chi connectivity index (χ2n) is 5.82. The fourth-order valence-electron chi connectivity index (χ4n) is 1.58. The van der Waals surface area contributed by atoms with Crippen LogP contribution in [0.5, 0.6) is 5.75 Å². The Kier molecular flexibility index (Phi) is 7.35. The molecule has 0 amide bonds. The van der Waals surface area contributed by atoms with Gasteiger partial charge in [0.25, 0.3) is 0 Å². The number of hydrogen-bond acceptors (Lipinski definition) is 4. The maximum absolute atomic E-state index is 11.7. The molecular formula is C16H27N3O3S. The summed E-state index contributed by atoms with van der Waals surface area (Å²) >= 11 is 0. The van der Waals surface area contributed by atoms with E-state index in [1.807, 2.05) is 37.3 Å². The molecule has 7 heteroatoms. The molecule has 23 heavy (non-hydrogen) atoms. The van der Waals surface area contributed by atoms with Crippen molar-refractivity contribution < 1.29 is 13.2 Å². The number of nitrogens with one attached hydrogen (secondary N) is 2. The lowest BCUT2D eigenvalue weighted by Crippen LogP contribution is -2.41. The monoisotopic (exact) mass is 341 g/mol. The molecule has 0 aliphatic heterocycles. The third-order valence-corrected chi connectivity index (χ3v) is 5.51. The molecule has 0 spiro atoms. The first-order valence-corrected chi connectivity index (χ1v) is 9.55. The van der Waals surface area contributed by atoms with E-state index in [-0.39, 0.29) is 6.54 Å². The SMILES string of the molecule is CCNC(=NCC(C)(C)S(C)(=O)=O)NCCOc1ccccc1. The fourth-order valence-corrected chi connectivity index (χ4v) is 1.88. The maximum atomic E-state index is 11.7. The molecule has 0 unspecified atom stereocenters. The summed E-state index contributed by atoms with van der Waals surface area (Å²) in [6, 6.07) is 9.57. The van der Waals surface area contributed by atoms with Crippen molar-refractivity contribution in [2.75, 3.05) is 32.5 Å². The van der Waals surface area contributed by atoms with Gasteiger partial charge in [-0.25, -0.2) is 8.42 Å². The molecule has 0 aliphatic carbocycles. The molecule has 1 aromatic carbocycles. The van der Waals surface area contributed by atoms with Gasteiger partial charge in [0.15, 0.2) is 15.8 Å². The van der Waals surface area contributed by atoms with Gasteiger partial charge < -0.3 is 15.4 Å². The summed E-state index contributed by atoms with van der Waals surface area (Å²) in [4.78, 5) is 4.36. The number of para-hydroxylation sites is 1. The van der Waals surface area contributed by atoms with Crippen molar-refractivity contribution in [3.05, 3.63) is 30.3 Å². The van der Waals surface area contributed by atoms with Crippen LogP contribution in [0.1, 0.15) is 20.8 Å². The zero-order valence-electron chi connectivity index (χ0n) is 14.3. The summed E-state index contributed by atoms with van der Waals surface area (Å²) in [5.41, 5.74) is 0. The Balaban J connectivity index is 2.50. The van der Waals surface area contributed by atoms with Crippen LogP contribution in [0.15, 0.2) is 35.3 Å². The summed E-state index contributed by atoms with van der Waals surface area (Å²) in [6.45, 7) is 7.26. The van der Waals surface area contributed by atoms with Gasteiger partial charge in [-0.2, -0.15) is 0 Å². The first-order chi connectivity index (χ1) is 10.8. The number of benzene rings is 1. The van der Waals surface area contributed by atoms with Crippen molar-refractivity contribution in [3.63, 3.8) is 0 Å². The van der Waals surface area contributed by atoms with Crippen LogP contribution in [0.3, 0.4) is 0 Å². The molecule has 1 rings (SSSR count). The molecule has 0 saturated heterocycles. The van der Waals surface area contributed by atoms with Crippen molar-refractivity contribution >= 4 is 15.8 Å². The number of aliphatic imine (C=N–C) groups is 1. The van der Waals surface area contributed by atoms with Crippen molar-refractivity contribution in [2.24, 2.45) is 4.99 Å². The normalized spacial score (nSPS) is 12.8. The predicted molar refractivity (Wildman–Crippen MR) is 94.8 cm³/mol. The van der Waals surface area contributed by atoms with E-state index in [2.05, 4.69) is 15.6 Å². The average Bonchev–Trinajstić information content (AvgIpc) is 2.49. The predicted octanol–water partition coefficient (Wildman–Crippen LogP) is 1.44. The standard InChI is InChI=1S/C16H27N3O3S/c1-5-17-15(19-13-16(2,3)23(4,20)21)18-11-12-22-14-9-7-6-8-10-14/h6-10H,5,11-13H2,1-4H3,(H2,17,18,19). The Morgan fingerprint density at radius 3 is 2.43 bits per heavy atom. The van der Waals surface area contributed by atoms with Crippen molar-refractivity contribution in [1.29, 1.82) is 0 Å². The summed E-state index contributed by atoms with van der Waals surface area (Å²) in [6.07, 6.45) is 1.23.